The highest BCUT2D eigenvalue weighted by Gasteiger charge is 2.48. The number of rotatable bonds is 6. The van der Waals surface area contributed by atoms with E-state index in [2.05, 4.69) is 0 Å². The van der Waals surface area contributed by atoms with E-state index >= 15 is 0 Å². The zero-order valence-corrected chi connectivity index (χ0v) is 21.6. The van der Waals surface area contributed by atoms with Crippen LogP contribution in [0.25, 0.3) is 0 Å². The van der Waals surface area contributed by atoms with E-state index in [1.54, 1.807) is 12.1 Å². The van der Waals surface area contributed by atoms with Gasteiger partial charge >= 0.3 is 0 Å². The molecule has 3 aliphatic rings. The fourth-order valence-electron chi connectivity index (χ4n) is 5.10. The summed E-state index contributed by atoms with van der Waals surface area (Å²) >= 11 is 0. The molecular weight excluding hydrogens is 548 g/mol. The predicted octanol–water partition coefficient (Wildman–Crippen LogP) is -2.52. The van der Waals surface area contributed by atoms with Crippen molar-refractivity contribution in [2.45, 2.75) is 68.3 Å². The quantitative estimate of drug-likeness (QED) is 0.151. The molecule has 0 saturated carbocycles. The lowest BCUT2D eigenvalue weighted by molar-refractivity contribution is -0.323. The maximum Gasteiger partial charge on any atom is 0.229 e. The Labute approximate surface area is 232 Å². The molecule has 0 spiro atoms. The highest BCUT2D eigenvalue weighted by molar-refractivity contribution is 6.29. The molecule has 222 valence electrons. The minimum Gasteiger partial charge on any atom is -0.507 e. The smallest absolute Gasteiger partial charge is 0.229 e. The summed E-state index contributed by atoms with van der Waals surface area (Å²) in [6, 6.07) is 7.35. The van der Waals surface area contributed by atoms with E-state index in [4.69, 9.17) is 18.9 Å². The predicted molar refractivity (Wildman–Crippen MR) is 133 cm³/mol. The first kappa shape index (κ1) is 29.5. The van der Waals surface area contributed by atoms with Crippen molar-refractivity contribution in [3.05, 3.63) is 58.1 Å². The summed E-state index contributed by atoms with van der Waals surface area (Å²) in [6.45, 7) is 0.135. The maximum absolute atomic E-state index is 13.2. The summed E-state index contributed by atoms with van der Waals surface area (Å²) in [4.78, 5) is 26.2. The summed E-state index contributed by atoms with van der Waals surface area (Å²) in [5.74, 6) is -1.76. The third-order valence-corrected chi connectivity index (χ3v) is 7.58. The summed E-state index contributed by atoms with van der Waals surface area (Å²) in [5.41, 5.74) is -0.0317. The second-order valence-electron chi connectivity index (χ2n) is 10.1. The second kappa shape index (κ2) is 11.3. The van der Waals surface area contributed by atoms with Gasteiger partial charge in [0, 0.05) is 22.3 Å². The van der Waals surface area contributed by atoms with Crippen LogP contribution in [0.5, 0.6) is 11.5 Å². The van der Waals surface area contributed by atoms with E-state index in [0.717, 1.165) is 0 Å². The van der Waals surface area contributed by atoms with Gasteiger partial charge in [0.15, 0.2) is 17.9 Å². The molecule has 10 atom stereocenters. The van der Waals surface area contributed by atoms with Gasteiger partial charge in [-0.2, -0.15) is 0 Å². The molecule has 2 aromatic rings. The molecule has 2 aromatic carbocycles. The number of aliphatic hydroxyl groups excluding tert-OH is 7. The van der Waals surface area contributed by atoms with Crippen molar-refractivity contribution in [2.75, 3.05) is 13.2 Å². The van der Waals surface area contributed by atoms with E-state index in [1.807, 2.05) is 0 Å². The highest BCUT2D eigenvalue weighted by atomic mass is 16.7. The van der Waals surface area contributed by atoms with Crippen LogP contribution in [-0.4, -0.2) is 127 Å². The van der Waals surface area contributed by atoms with E-state index < -0.39 is 91.9 Å². The molecular formula is C27H30O14. The molecule has 2 saturated heterocycles. The minimum atomic E-state index is -1.82. The van der Waals surface area contributed by atoms with Gasteiger partial charge in [0.1, 0.15) is 60.3 Å². The van der Waals surface area contributed by atoms with Gasteiger partial charge in [-0.3, -0.25) is 9.59 Å². The Hall–Kier alpha value is -3.02. The number of hydrogen-bond donors (Lipinski definition) is 8. The molecule has 0 amide bonds. The largest absolute Gasteiger partial charge is 0.507 e. The monoisotopic (exact) mass is 578 g/mol. The normalized spacial score (nSPS) is 35.1. The fraction of sp³-hybridized carbons (Fsp3) is 0.481. The van der Waals surface area contributed by atoms with Crippen molar-refractivity contribution in [3.8, 4) is 11.5 Å². The number of aliphatic hydroxyl groups is 7. The Kier molecular flexibility index (Phi) is 8.15. The molecule has 0 unspecified atom stereocenters. The number of ketones is 2. The van der Waals surface area contributed by atoms with Crippen LogP contribution < -0.4 is 4.74 Å². The average Bonchev–Trinajstić information content (AvgIpc) is 2.97. The number of fused-ring (bicyclic) bond motifs is 2. The van der Waals surface area contributed by atoms with Gasteiger partial charge in [-0.05, 0) is 13.0 Å². The van der Waals surface area contributed by atoms with Crippen LogP contribution in [0, 0.1) is 6.92 Å². The number of carbonyl (C=O) groups excluding carboxylic acids is 2. The molecule has 0 aromatic heterocycles. The number of ether oxygens (including phenoxy) is 4. The van der Waals surface area contributed by atoms with Crippen LogP contribution in [-0.2, 0) is 14.2 Å². The van der Waals surface area contributed by atoms with Crippen molar-refractivity contribution in [1.29, 1.82) is 0 Å². The molecule has 2 heterocycles. The van der Waals surface area contributed by atoms with Crippen LogP contribution >= 0.6 is 0 Å². The Bertz CT molecular complexity index is 1330. The van der Waals surface area contributed by atoms with Gasteiger partial charge in [-0.1, -0.05) is 24.3 Å². The molecule has 1 aliphatic carbocycles. The zero-order valence-electron chi connectivity index (χ0n) is 21.6. The van der Waals surface area contributed by atoms with Gasteiger partial charge in [-0.25, -0.2) is 0 Å². The van der Waals surface area contributed by atoms with Crippen LogP contribution in [0.1, 0.15) is 37.4 Å². The van der Waals surface area contributed by atoms with Crippen molar-refractivity contribution < 1.29 is 69.4 Å². The Balaban J connectivity index is 1.36. The summed E-state index contributed by atoms with van der Waals surface area (Å²) in [6.07, 6.45) is -16.3. The Morgan fingerprint density at radius 1 is 0.756 bits per heavy atom. The van der Waals surface area contributed by atoms with Crippen LogP contribution in [0.2, 0.25) is 0 Å². The number of carbonyl (C=O) groups is 2. The van der Waals surface area contributed by atoms with Crippen molar-refractivity contribution >= 4 is 11.6 Å². The molecule has 8 N–H and O–H groups in total. The zero-order chi connectivity index (χ0) is 29.7. The first-order valence-corrected chi connectivity index (χ1v) is 12.8. The number of benzene rings is 2. The lowest BCUT2D eigenvalue weighted by atomic mass is 9.82. The number of aromatic hydroxyl groups is 1. The minimum absolute atomic E-state index is 0.0369. The number of phenolic OH excluding ortho intramolecular Hbond substituents is 1. The van der Waals surface area contributed by atoms with Gasteiger partial charge < -0.3 is 59.8 Å². The summed E-state index contributed by atoms with van der Waals surface area (Å²) in [7, 11) is 0. The molecule has 0 bridgehead atoms. The highest BCUT2D eigenvalue weighted by Crippen LogP contribution is 2.40. The summed E-state index contributed by atoms with van der Waals surface area (Å²) < 4.78 is 22.0. The van der Waals surface area contributed by atoms with Crippen LogP contribution in [0.3, 0.4) is 0 Å². The van der Waals surface area contributed by atoms with Gasteiger partial charge in [0.05, 0.1) is 18.8 Å². The molecule has 14 nitrogen and oxygen atoms in total. The van der Waals surface area contributed by atoms with Gasteiger partial charge in [0.25, 0.3) is 0 Å². The van der Waals surface area contributed by atoms with Crippen molar-refractivity contribution in [1.82, 2.24) is 0 Å². The lowest BCUT2D eigenvalue weighted by Gasteiger charge is -2.42. The number of hydrogen-bond acceptors (Lipinski definition) is 14. The molecule has 14 heteroatoms. The first-order chi connectivity index (χ1) is 19.5. The SMILES string of the molecule is Cc1c(O[C@@H]2O[C@H](CO[C@@H]3O[C@H](CO)[C@@H](O)[C@H](O)[C@H]3O)[C@@H](O)[C@H](O)[C@H]2O)cc2c(c1O)C(=O)c1ccccc1C2=O. The van der Waals surface area contributed by atoms with Crippen molar-refractivity contribution in [2.24, 2.45) is 0 Å². The van der Waals surface area contributed by atoms with E-state index in [0.29, 0.717) is 0 Å². The number of phenols is 1. The average molecular weight is 579 g/mol. The molecule has 2 fully saturated rings. The third-order valence-electron chi connectivity index (χ3n) is 7.58. The molecule has 5 rings (SSSR count). The van der Waals surface area contributed by atoms with Gasteiger partial charge in [-0.15, -0.1) is 0 Å². The lowest BCUT2D eigenvalue weighted by Crippen LogP contribution is -2.62. The summed E-state index contributed by atoms with van der Waals surface area (Å²) in [5, 5.41) is 81.7. The van der Waals surface area contributed by atoms with Gasteiger partial charge in [0.2, 0.25) is 6.29 Å². The standard InChI is InChI=1S/C27H30O14/c1-9-13(6-12-16(17(9)29)19(31)11-5-3-2-4-10(11)18(12)30)39-27-25(37)23(35)21(33)15(41-27)8-38-26-24(36)22(34)20(32)14(7-28)40-26/h2-6,14-15,20-29,32-37H,7-8H2,1H3/t14-,15-,20-,21-,22+,23+,24-,25-,26-,27-/m1/s1. The van der Waals surface area contributed by atoms with Crippen LogP contribution in [0.4, 0.5) is 0 Å². The topological polar surface area (TPSA) is 233 Å². The Morgan fingerprint density at radius 2 is 1.32 bits per heavy atom. The second-order valence-corrected chi connectivity index (χ2v) is 10.1. The Morgan fingerprint density at radius 3 is 1.95 bits per heavy atom. The van der Waals surface area contributed by atoms with E-state index in [1.165, 1.54) is 25.1 Å². The van der Waals surface area contributed by atoms with E-state index in [9.17, 15) is 50.4 Å². The van der Waals surface area contributed by atoms with Crippen molar-refractivity contribution in [3.63, 3.8) is 0 Å². The molecule has 2 aliphatic heterocycles. The maximum atomic E-state index is 13.2. The molecule has 0 radical (unpaired) electrons. The van der Waals surface area contributed by atoms with Crippen LogP contribution in [0.15, 0.2) is 30.3 Å². The first-order valence-electron chi connectivity index (χ1n) is 12.8. The molecule has 41 heavy (non-hydrogen) atoms. The fourth-order valence-corrected chi connectivity index (χ4v) is 5.10. The van der Waals surface area contributed by atoms with E-state index in [-0.39, 0.29) is 33.6 Å². The third kappa shape index (κ3) is 5.02.